The van der Waals surface area contributed by atoms with Crippen LogP contribution in [0.25, 0.3) is 0 Å². The number of aryl methyl sites for hydroxylation is 1. The van der Waals surface area contributed by atoms with Crippen LogP contribution in [0.2, 0.25) is 5.02 Å². The van der Waals surface area contributed by atoms with Gasteiger partial charge in [0.25, 0.3) is 0 Å². The van der Waals surface area contributed by atoms with Crippen molar-refractivity contribution in [2.24, 2.45) is 0 Å². The van der Waals surface area contributed by atoms with Gasteiger partial charge in [-0.2, -0.15) is 0 Å². The normalized spacial score (nSPS) is 14.7. The largest absolute Gasteiger partial charge is 0.325 e. The Balaban J connectivity index is 1.47. The van der Waals surface area contributed by atoms with Gasteiger partial charge < -0.3 is 9.88 Å². The number of thiophene rings is 1. The molecule has 0 radical (unpaired) electrons. The van der Waals surface area contributed by atoms with Crippen LogP contribution in [0.5, 0.6) is 0 Å². The van der Waals surface area contributed by atoms with Crippen molar-refractivity contribution in [2.45, 2.75) is 56.6 Å². The van der Waals surface area contributed by atoms with Gasteiger partial charge in [-0.3, -0.25) is 4.79 Å². The fraction of sp³-hybridized carbons (Fsp3) is 0.409. The van der Waals surface area contributed by atoms with Crippen LogP contribution in [0.3, 0.4) is 0 Å². The number of nitrogens with zero attached hydrogens (tertiary/aromatic N) is 3. The quantitative estimate of drug-likeness (QED) is 0.431. The van der Waals surface area contributed by atoms with Gasteiger partial charge in [-0.05, 0) is 55.0 Å². The minimum atomic E-state index is -0.0524. The van der Waals surface area contributed by atoms with Crippen LogP contribution in [0, 0.1) is 6.92 Å². The van der Waals surface area contributed by atoms with Gasteiger partial charge in [0, 0.05) is 28.0 Å². The fourth-order valence-corrected chi connectivity index (χ4v) is 5.64. The van der Waals surface area contributed by atoms with E-state index in [1.54, 1.807) is 17.4 Å². The Morgan fingerprint density at radius 2 is 2.10 bits per heavy atom. The molecular formula is C22H25ClN4OS2. The lowest BCUT2D eigenvalue weighted by atomic mass is 9.95. The predicted molar refractivity (Wildman–Crippen MR) is 125 cm³/mol. The summed E-state index contributed by atoms with van der Waals surface area (Å²) in [5.41, 5.74) is 1.74. The van der Waals surface area contributed by atoms with E-state index in [1.165, 1.54) is 35.9 Å². The Morgan fingerprint density at radius 3 is 2.83 bits per heavy atom. The Morgan fingerprint density at radius 1 is 1.27 bits per heavy atom. The highest BCUT2D eigenvalue weighted by Gasteiger charge is 2.23. The second kappa shape index (κ2) is 9.98. The van der Waals surface area contributed by atoms with Crippen molar-refractivity contribution in [2.75, 3.05) is 11.1 Å². The third-order valence-corrected chi connectivity index (χ3v) is 7.44. The molecule has 8 heteroatoms. The van der Waals surface area contributed by atoms with Gasteiger partial charge in [-0.1, -0.05) is 48.7 Å². The standard InChI is InChI=1S/C22H25ClN4OS2/c1-15-12-16(23)9-10-19(15)24-21(28)14-30-22-26-25-20(13-18-8-5-11-29-18)27(22)17-6-3-2-4-7-17/h5,8-12,17H,2-4,6-7,13-14H2,1H3,(H,24,28). The van der Waals surface area contributed by atoms with Crippen molar-refractivity contribution in [3.8, 4) is 0 Å². The van der Waals surface area contributed by atoms with E-state index >= 15 is 0 Å². The topological polar surface area (TPSA) is 59.8 Å². The SMILES string of the molecule is Cc1cc(Cl)ccc1NC(=O)CSc1nnc(Cc2cccs2)n1C1CCCCC1. The summed E-state index contributed by atoms with van der Waals surface area (Å²) < 4.78 is 2.30. The van der Waals surface area contributed by atoms with E-state index in [9.17, 15) is 4.79 Å². The third kappa shape index (κ3) is 5.25. The van der Waals surface area contributed by atoms with E-state index in [2.05, 4.69) is 37.6 Å². The van der Waals surface area contributed by atoms with Crippen molar-refractivity contribution >= 4 is 46.3 Å². The average Bonchev–Trinajstić information content (AvgIpc) is 3.39. The van der Waals surface area contributed by atoms with Crippen molar-refractivity contribution in [3.63, 3.8) is 0 Å². The highest BCUT2D eigenvalue weighted by atomic mass is 35.5. The Kier molecular flexibility index (Phi) is 7.12. The molecule has 0 unspecified atom stereocenters. The number of aromatic nitrogens is 3. The van der Waals surface area contributed by atoms with E-state index in [0.717, 1.165) is 41.5 Å². The molecule has 1 N–H and O–H groups in total. The highest BCUT2D eigenvalue weighted by Crippen LogP contribution is 2.33. The molecule has 158 valence electrons. The minimum absolute atomic E-state index is 0.0524. The van der Waals surface area contributed by atoms with Crippen LogP contribution < -0.4 is 5.32 Å². The number of thioether (sulfide) groups is 1. The number of benzene rings is 1. The van der Waals surface area contributed by atoms with Crippen molar-refractivity contribution in [1.82, 2.24) is 14.8 Å². The lowest BCUT2D eigenvalue weighted by molar-refractivity contribution is -0.113. The third-order valence-electron chi connectivity index (χ3n) is 5.38. The summed E-state index contributed by atoms with van der Waals surface area (Å²) in [6.45, 7) is 1.94. The summed E-state index contributed by atoms with van der Waals surface area (Å²) in [7, 11) is 0. The first-order valence-electron chi connectivity index (χ1n) is 10.2. The number of halogens is 1. The second-order valence-corrected chi connectivity index (χ2v) is 10.0. The molecule has 0 saturated heterocycles. The second-order valence-electron chi connectivity index (χ2n) is 7.61. The van der Waals surface area contributed by atoms with Crippen LogP contribution >= 0.6 is 34.7 Å². The first-order valence-corrected chi connectivity index (χ1v) is 12.5. The van der Waals surface area contributed by atoms with Gasteiger partial charge >= 0.3 is 0 Å². The average molecular weight is 461 g/mol. The van der Waals surface area contributed by atoms with E-state index in [0.29, 0.717) is 16.8 Å². The molecule has 0 spiro atoms. The molecular weight excluding hydrogens is 436 g/mol. The summed E-state index contributed by atoms with van der Waals surface area (Å²) in [6.07, 6.45) is 6.87. The molecule has 30 heavy (non-hydrogen) atoms. The van der Waals surface area contributed by atoms with E-state index in [4.69, 9.17) is 11.6 Å². The Labute approximate surface area is 190 Å². The van der Waals surface area contributed by atoms with E-state index in [1.807, 2.05) is 19.1 Å². The van der Waals surface area contributed by atoms with Gasteiger partial charge in [0.15, 0.2) is 5.16 Å². The van der Waals surface area contributed by atoms with Gasteiger partial charge in [0.05, 0.1) is 5.75 Å². The predicted octanol–water partition coefficient (Wildman–Crippen LogP) is 6.13. The first-order chi connectivity index (χ1) is 14.6. The van der Waals surface area contributed by atoms with Gasteiger partial charge in [-0.25, -0.2) is 0 Å². The summed E-state index contributed by atoms with van der Waals surface area (Å²) in [6, 6.07) is 10.1. The summed E-state index contributed by atoms with van der Waals surface area (Å²) in [5, 5.41) is 15.5. The van der Waals surface area contributed by atoms with Crippen LogP contribution in [0.15, 0.2) is 40.9 Å². The first kappa shape index (κ1) is 21.4. The molecule has 2 aromatic heterocycles. The zero-order chi connectivity index (χ0) is 20.9. The molecule has 4 rings (SSSR count). The summed E-state index contributed by atoms with van der Waals surface area (Å²) in [4.78, 5) is 13.8. The number of carbonyl (C=O) groups is 1. The van der Waals surface area contributed by atoms with Gasteiger partial charge in [0.1, 0.15) is 5.82 Å². The zero-order valence-electron chi connectivity index (χ0n) is 16.9. The molecule has 1 fully saturated rings. The van der Waals surface area contributed by atoms with E-state index in [-0.39, 0.29) is 5.91 Å². The van der Waals surface area contributed by atoms with Crippen molar-refractivity contribution < 1.29 is 4.79 Å². The number of rotatable bonds is 7. The molecule has 1 saturated carbocycles. The molecule has 1 aromatic carbocycles. The molecule has 1 aliphatic carbocycles. The zero-order valence-corrected chi connectivity index (χ0v) is 19.3. The molecule has 1 aliphatic rings. The van der Waals surface area contributed by atoms with Crippen molar-refractivity contribution in [1.29, 1.82) is 0 Å². The van der Waals surface area contributed by atoms with Crippen LogP contribution in [-0.2, 0) is 11.2 Å². The number of carbonyl (C=O) groups excluding carboxylic acids is 1. The number of anilines is 1. The smallest absolute Gasteiger partial charge is 0.234 e. The van der Waals surface area contributed by atoms with Gasteiger partial charge in [0.2, 0.25) is 5.91 Å². The molecule has 0 bridgehead atoms. The molecule has 2 heterocycles. The lowest BCUT2D eigenvalue weighted by Crippen LogP contribution is -2.18. The molecule has 1 amide bonds. The minimum Gasteiger partial charge on any atom is -0.325 e. The summed E-state index contributed by atoms with van der Waals surface area (Å²) >= 11 is 9.21. The maximum atomic E-state index is 12.6. The fourth-order valence-electron chi connectivity index (χ4n) is 3.89. The number of hydrogen-bond acceptors (Lipinski definition) is 5. The monoisotopic (exact) mass is 460 g/mol. The van der Waals surface area contributed by atoms with Crippen LogP contribution in [0.1, 0.15) is 54.4 Å². The Hall–Kier alpha value is -1.83. The highest BCUT2D eigenvalue weighted by molar-refractivity contribution is 7.99. The van der Waals surface area contributed by atoms with E-state index < -0.39 is 0 Å². The van der Waals surface area contributed by atoms with Gasteiger partial charge in [-0.15, -0.1) is 21.5 Å². The molecule has 3 aromatic rings. The van der Waals surface area contributed by atoms with Crippen molar-refractivity contribution in [3.05, 3.63) is 57.0 Å². The number of amides is 1. The van der Waals surface area contributed by atoms with Crippen LogP contribution in [-0.4, -0.2) is 26.4 Å². The number of nitrogens with one attached hydrogen (secondary N) is 1. The molecule has 0 atom stereocenters. The summed E-state index contributed by atoms with van der Waals surface area (Å²) in [5.74, 6) is 1.25. The maximum absolute atomic E-state index is 12.6. The molecule has 0 aliphatic heterocycles. The molecule has 5 nitrogen and oxygen atoms in total. The Bertz CT molecular complexity index is 997. The maximum Gasteiger partial charge on any atom is 0.234 e. The lowest BCUT2D eigenvalue weighted by Gasteiger charge is -2.25. The number of hydrogen-bond donors (Lipinski definition) is 1. The van der Waals surface area contributed by atoms with Crippen LogP contribution in [0.4, 0.5) is 5.69 Å².